The molecule has 1 fully saturated rings. The minimum atomic E-state index is -0.513. The van der Waals surface area contributed by atoms with Crippen LogP contribution < -0.4 is 0 Å². The molecule has 0 aromatic heterocycles. The molecule has 3 atom stereocenters. The van der Waals surface area contributed by atoms with Crippen molar-refractivity contribution in [2.45, 2.75) is 31.0 Å². The van der Waals surface area contributed by atoms with Crippen LogP contribution in [0.4, 0.5) is 0 Å². The summed E-state index contributed by atoms with van der Waals surface area (Å²) in [5.41, 5.74) is -1.03. The lowest BCUT2D eigenvalue weighted by atomic mass is 9.84. The van der Waals surface area contributed by atoms with E-state index in [1.807, 2.05) is 12.2 Å². The Morgan fingerprint density at radius 1 is 1.23 bits per heavy atom. The molecule has 3 nitrogen and oxygen atoms in total. The van der Waals surface area contributed by atoms with E-state index in [1.165, 1.54) is 0 Å². The summed E-state index contributed by atoms with van der Waals surface area (Å²) in [7, 11) is 0. The van der Waals surface area contributed by atoms with Crippen LogP contribution in [0.1, 0.15) is 19.8 Å². The lowest BCUT2D eigenvalue weighted by Gasteiger charge is -2.41. The van der Waals surface area contributed by atoms with E-state index in [-0.39, 0.29) is 13.2 Å². The van der Waals surface area contributed by atoms with E-state index in [9.17, 15) is 10.2 Å². The number of fused-ring (bicyclic) bond motifs is 2. The molecule has 0 aromatic carbocycles. The Bertz CT molecular complexity index is 216. The molecule has 0 amide bonds. The lowest BCUT2D eigenvalue weighted by Crippen LogP contribution is -2.48. The Labute approximate surface area is 78.0 Å². The summed E-state index contributed by atoms with van der Waals surface area (Å²) in [4.78, 5) is 0. The van der Waals surface area contributed by atoms with Crippen LogP contribution in [0.2, 0.25) is 0 Å². The second kappa shape index (κ2) is 2.80. The van der Waals surface area contributed by atoms with Gasteiger partial charge in [-0.1, -0.05) is 19.1 Å². The van der Waals surface area contributed by atoms with Crippen molar-refractivity contribution in [2.24, 2.45) is 5.92 Å². The molecule has 2 heterocycles. The van der Waals surface area contributed by atoms with Crippen LogP contribution in [0.25, 0.3) is 0 Å². The molecular formula is C10H16O3. The molecular weight excluding hydrogens is 168 g/mol. The molecule has 0 saturated carbocycles. The lowest BCUT2D eigenvalue weighted by molar-refractivity contribution is -0.170. The number of ether oxygens (including phenoxy) is 1. The van der Waals surface area contributed by atoms with Crippen LogP contribution in [-0.4, -0.2) is 34.6 Å². The number of hydrogen-bond donors (Lipinski definition) is 2. The fourth-order valence-corrected chi connectivity index (χ4v) is 2.55. The first kappa shape index (κ1) is 9.19. The highest BCUT2D eigenvalue weighted by molar-refractivity contribution is 5.22. The van der Waals surface area contributed by atoms with Crippen molar-refractivity contribution in [3.63, 3.8) is 0 Å². The third kappa shape index (κ3) is 1.31. The van der Waals surface area contributed by atoms with Gasteiger partial charge in [0.05, 0.1) is 13.2 Å². The molecule has 2 rings (SSSR count). The summed E-state index contributed by atoms with van der Waals surface area (Å²) in [6.45, 7) is 2.15. The molecule has 74 valence electrons. The normalized spacial score (nSPS) is 48.4. The van der Waals surface area contributed by atoms with Crippen molar-refractivity contribution < 1.29 is 14.9 Å². The first-order valence-corrected chi connectivity index (χ1v) is 4.76. The summed E-state index contributed by atoms with van der Waals surface area (Å²) in [5, 5.41) is 18.5. The van der Waals surface area contributed by atoms with Crippen LogP contribution >= 0.6 is 0 Å². The standard InChI is InChI=1S/C10H16O3/c1-8-4-9(6-11)2-3-10(5-8,7-12)13-9/h2-3,8,11-12H,4-7H2,1H3/t8?,9-,10+. The Kier molecular flexibility index (Phi) is 1.98. The van der Waals surface area contributed by atoms with Gasteiger partial charge in [0.15, 0.2) is 0 Å². The molecule has 2 bridgehead atoms. The largest absolute Gasteiger partial charge is 0.393 e. The monoisotopic (exact) mass is 184 g/mol. The second-order valence-corrected chi connectivity index (χ2v) is 4.39. The van der Waals surface area contributed by atoms with Gasteiger partial charge in [-0.15, -0.1) is 0 Å². The molecule has 0 aliphatic carbocycles. The van der Waals surface area contributed by atoms with Gasteiger partial charge in [-0.3, -0.25) is 0 Å². The maximum atomic E-state index is 9.24. The van der Waals surface area contributed by atoms with Gasteiger partial charge in [0, 0.05) is 0 Å². The van der Waals surface area contributed by atoms with Crippen LogP contribution in [0.3, 0.4) is 0 Å². The van der Waals surface area contributed by atoms with Gasteiger partial charge in [-0.25, -0.2) is 0 Å². The predicted octanol–water partition coefficient (Wildman–Crippen LogP) is 0.465. The SMILES string of the molecule is CC1C[C@@]2(CO)C=C[C@@](CO)(C1)O2. The zero-order valence-electron chi connectivity index (χ0n) is 7.86. The summed E-state index contributed by atoms with van der Waals surface area (Å²) in [6, 6.07) is 0. The van der Waals surface area contributed by atoms with Crippen molar-refractivity contribution in [3.8, 4) is 0 Å². The minimum Gasteiger partial charge on any atom is -0.393 e. The Morgan fingerprint density at radius 2 is 1.69 bits per heavy atom. The second-order valence-electron chi connectivity index (χ2n) is 4.39. The molecule has 0 radical (unpaired) electrons. The van der Waals surface area contributed by atoms with E-state index < -0.39 is 11.2 Å². The molecule has 2 N–H and O–H groups in total. The van der Waals surface area contributed by atoms with Gasteiger partial charge in [0.25, 0.3) is 0 Å². The molecule has 0 aromatic rings. The molecule has 2 aliphatic heterocycles. The average molecular weight is 184 g/mol. The third-order valence-corrected chi connectivity index (χ3v) is 3.02. The van der Waals surface area contributed by atoms with E-state index in [0.29, 0.717) is 5.92 Å². The maximum absolute atomic E-state index is 9.24. The molecule has 1 unspecified atom stereocenters. The van der Waals surface area contributed by atoms with E-state index in [2.05, 4.69) is 6.92 Å². The fraction of sp³-hybridized carbons (Fsp3) is 0.800. The molecule has 0 spiro atoms. The fourth-order valence-electron chi connectivity index (χ4n) is 2.55. The van der Waals surface area contributed by atoms with Crippen molar-refractivity contribution in [1.82, 2.24) is 0 Å². The van der Waals surface area contributed by atoms with Gasteiger partial charge < -0.3 is 14.9 Å². The van der Waals surface area contributed by atoms with Crippen molar-refractivity contribution in [1.29, 1.82) is 0 Å². The molecule has 2 aliphatic rings. The highest BCUT2D eigenvalue weighted by atomic mass is 16.5. The van der Waals surface area contributed by atoms with E-state index >= 15 is 0 Å². The summed E-state index contributed by atoms with van der Waals surface area (Å²) >= 11 is 0. The van der Waals surface area contributed by atoms with Gasteiger partial charge in [-0.2, -0.15) is 0 Å². The zero-order valence-corrected chi connectivity index (χ0v) is 7.86. The number of rotatable bonds is 2. The van der Waals surface area contributed by atoms with Crippen LogP contribution in [-0.2, 0) is 4.74 Å². The third-order valence-electron chi connectivity index (χ3n) is 3.02. The smallest absolute Gasteiger partial charge is 0.111 e. The van der Waals surface area contributed by atoms with Gasteiger partial charge in [0.2, 0.25) is 0 Å². The maximum Gasteiger partial charge on any atom is 0.111 e. The Morgan fingerprint density at radius 3 is 2.08 bits per heavy atom. The highest BCUT2D eigenvalue weighted by Gasteiger charge is 2.49. The quantitative estimate of drug-likeness (QED) is 0.613. The molecule has 1 saturated heterocycles. The average Bonchev–Trinajstić information content (AvgIpc) is 2.41. The predicted molar refractivity (Wildman–Crippen MR) is 48.3 cm³/mol. The summed E-state index contributed by atoms with van der Waals surface area (Å²) in [5.74, 6) is 0.489. The van der Waals surface area contributed by atoms with Crippen molar-refractivity contribution in [2.75, 3.05) is 13.2 Å². The van der Waals surface area contributed by atoms with E-state index in [0.717, 1.165) is 12.8 Å². The number of aliphatic hydroxyl groups excluding tert-OH is 2. The van der Waals surface area contributed by atoms with Crippen molar-refractivity contribution >= 4 is 0 Å². The van der Waals surface area contributed by atoms with E-state index in [1.54, 1.807) is 0 Å². The first-order valence-electron chi connectivity index (χ1n) is 4.76. The zero-order chi connectivity index (χ0) is 9.53. The molecule has 13 heavy (non-hydrogen) atoms. The highest BCUT2D eigenvalue weighted by Crippen LogP contribution is 2.45. The van der Waals surface area contributed by atoms with Gasteiger partial charge in [0.1, 0.15) is 11.2 Å². The topological polar surface area (TPSA) is 49.7 Å². The Balaban J connectivity index is 2.25. The van der Waals surface area contributed by atoms with Crippen molar-refractivity contribution in [3.05, 3.63) is 12.2 Å². The Hall–Kier alpha value is -0.380. The van der Waals surface area contributed by atoms with Crippen LogP contribution in [0.15, 0.2) is 12.2 Å². The molecule has 3 heteroatoms. The first-order chi connectivity index (χ1) is 6.14. The van der Waals surface area contributed by atoms with E-state index in [4.69, 9.17) is 4.74 Å². The van der Waals surface area contributed by atoms with Crippen LogP contribution in [0, 0.1) is 5.92 Å². The van der Waals surface area contributed by atoms with Crippen LogP contribution in [0.5, 0.6) is 0 Å². The van der Waals surface area contributed by atoms with Gasteiger partial charge in [-0.05, 0) is 18.8 Å². The summed E-state index contributed by atoms with van der Waals surface area (Å²) in [6.07, 6.45) is 5.52. The number of hydrogen-bond acceptors (Lipinski definition) is 3. The number of aliphatic hydroxyl groups is 2. The minimum absolute atomic E-state index is 0.00951. The van der Waals surface area contributed by atoms with Gasteiger partial charge >= 0.3 is 0 Å². The summed E-state index contributed by atoms with van der Waals surface area (Å²) < 4.78 is 5.73.